The summed E-state index contributed by atoms with van der Waals surface area (Å²) in [6, 6.07) is 2.46. The van der Waals surface area contributed by atoms with Crippen LogP contribution in [-0.4, -0.2) is 30.5 Å². The van der Waals surface area contributed by atoms with Gasteiger partial charge in [0.15, 0.2) is 0 Å². The molecule has 0 aromatic carbocycles. The molecule has 2 aromatic rings. The zero-order valence-corrected chi connectivity index (χ0v) is 12.9. The molecule has 0 saturated heterocycles. The van der Waals surface area contributed by atoms with Crippen molar-refractivity contribution in [3.63, 3.8) is 0 Å². The molecule has 2 heterocycles. The fourth-order valence-electron chi connectivity index (χ4n) is 2.10. The molecule has 0 aliphatic rings. The van der Waals surface area contributed by atoms with E-state index in [9.17, 15) is 0 Å². The van der Waals surface area contributed by atoms with Crippen molar-refractivity contribution in [1.29, 1.82) is 0 Å². The summed E-state index contributed by atoms with van der Waals surface area (Å²) in [7, 11) is 1.66. The van der Waals surface area contributed by atoms with Gasteiger partial charge in [-0.05, 0) is 26.8 Å². The van der Waals surface area contributed by atoms with Crippen LogP contribution in [0.3, 0.4) is 0 Å². The maximum absolute atomic E-state index is 5.54. The number of hydrogen-bond donors (Lipinski definition) is 2. The Morgan fingerprint density at radius 2 is 2.10 bits per heavy atom. The summed E-state index contributed by atoms with van der Waals surface area (Å²) in [5.41, 5.74) is 1.09. The minimum absolute atomic E-state index is 0.0391. The second-order valence-corrected chi connectivity index (χ2v) is 4.91. The summed E-state index contributed by atoms with van der Waals surface area (Å²) in [6.07, 6.45) is 0. The zero-order valence-electron chi connectivity index (χ0n) is 12.9. The molecular weight excluding hydrogens is 272 g/mol. The molecule has 7 heteroatoms. The van der Waals surface area contributed by atoms with Gasteiger partial charge in [-0.1, -0.05) is 5.10 Å². The van der Waals surface area contributed by atoms with Crippen molar-refractivity contribution in [2.75, 3.05) is 25.6 Å². The highest BCUT2D eigenvalue weighted by molar-refractivity contribution is 5.31. The van der Waals surface area contributed by atoms with Crippen LogP contribution in [0.1, 0.15) is 35.9 Å². The van der Waals surface area contributed by atoms with Crippen LogP contribution < -0.4 is 10.6 Å². The Morgan fingerprint density at radius 3 is 2.76 bits per heavy atom. The second kappa shape index (κ2) is 7.24. The number of anilines is 1. The van der Waals surface area contributed by atoms with E-state index in [4.69, 9.17) is 13.6 Å². The van der Waals surface area contributed by atoms with E-state index >= 15 is 0 Å². The lowest BCUT2D eigenvalue weighted by molar-refractivity contribution is 0.198. The minimum Gasteiger partial charge on any atom is -0.466 e. The van der Waals surface area contributed by atoms with Crippen molar-refractivity contribution >= 4 is 6.01 Å². The van der Waals surface area contributed by atoms with Crippen molar-refractivity contribution in [2.24, 2.45) is 0 Å². The van der Waals surface area contributed by atoms with E-state index < -0.39 is 0 Å². The number of nitrogens with one attached hydrogen (secondary N) is 2. The van der Waals surface area contributed by atoms with Crippen LogP contribution in [-0.2, 0) is 11.3 Å². The predicted molar refractivity (Wildman–Crippen MR) is 78.1 cm³/mol. The third-order valence-corrected chi connectivity index (χ3v) is 3.11. The lowest BCUT2D eigenvalue weighted by Crippen LogP contribution is -2.18. The number of furan rings is 1. The maximum atomic E-state index is 5.54. The molecule has 21 heavy (non-hydrogen) atoms. The highest BCUT2D eigenvalue weighted by Crippen LogP contribution is 2.24. The first-order chi connectivity index (χ1) is 10.1. The Kier molecular flexibility index (Phi) is 5.35. The van der Waals surface area contributed by atoms with Gasteiger partial charge in [-0.25, -0.2) is 0 Å². The van der Waals surface area contributed by atoms with E-state index in [-0.39, 0.29) is 6.04 Å². The van der Waals surface area contributed by atoms with E-state index in [0.717, 1.165) is 23.6 Å². The van der Waals surface area contributed by atoms with Crippen molar-refractivity contribution in [1.82, 2.24) is 15.5 Å². The quantitative estimate of drug-likeness (QED) is 0.722. The monoisotopic (exact) mass is 294 g/mol. The average Bonchev–Trinajstić information content (AvgIpc) is 3.01. The number of aryl methyl sites for hydroxylation is 2. The van der Waals surface area contributed by atoms with Gasteiger partial charge >= 0.3 is 6.01 Å². The van der Waals surface area contributed by atoms with Crippen LogP contribution in [0.4, 0.5) is 6.01 Å². The Hall–Kier alpha value is -1.86. The Labute approximate surface area is 124 Å². The summed E-state index contributed by atoms with van der Waals surface area (Å²) in [6.45, 7) is 7.81. The highest BCUT2D eigenvalue weighted by atomic mass is 16.5. The van der Waals surface area contributed by atoms with Gasteiger partial charge in [-0.15, -0.1) is 5.10 Å². The molecule has 2 N–H and O–H groups in total. The summed E-state index contributed by atoms with van der Waals surface area (Å²) >= 11 is 0. The van der Waals surface area contributed by atoms with E-state index in [1.165, 1.54) is 0 Å². The van der Waals surface area contributed by atoms with Gasteiger partial charge in [0.05, 0.1) is 19.2 Å². The number of ether oxygens (including phenoxy) is 1. The molecule has 0 amide bonds. The Morgan fingerprint density at radius 1 is 1.29 bits per heavy atom. The van der Waals surface area contributed by atoms with Gasteiger partial charge in [0, 0.05) is 19.2 Å². The van der Waals surface area contributed by atoms with Crippen LogP contribution >= 0.6 is 0 Å². The Balaban J connectivity index is 1.88. The topological polar surface area (TPSA) is 85.4 Å². The fraction of sp³-hybridized carbons (Fsp3) is 0.571. The number of methoxy groups -OCH3 is 1. The maximum Gasteiger partial charge on any atom is 0.315 e. The summed E-state index contributed by atoms with van der Waals surface area (Å²) in [5, 5.41) is 14.3. The molecule has 0 bridgehead atoms. The Bertz CT molecular complexity index is 564. The summed E-state index contributed by atoms with van der Waals surface area (Å²) < 4.78 is 16.0. The van der Waals surface area contributed by atoms with Gasteiger partial charge in [0.2, 0.25) is 5.89 Å². The molecule has 1 unspecified atom stereocenters. The molecule has 0 radical (unpaired) electrons. The molecule has 7 nitrogen and oxygen atoms in total. The van der Waals surface area contributed by atoms with Crippen molar-refractivity contribution in [2.45, 2.75) is 33.4 Å². The third-order valence-electron chi connectivity index (χ3n) is 3.11. The van der Waals surface area contributed by atoms with Crippen LogP contribution in [0.25, 0.3) is 0 Å². The first-order valence-electron chi connectivity index (χ1n) is 6.95. The summed E-state index contributed by atoms with van der Waals surface area (Å²) in [5.74, 6) is 2.33. The second-order valence-electron chi connectivity index (χ2n) is 4.91. The number of hydrogen-bond acceptors (Lipinski definition) is 7. The lowest BCUT2D eigenvalue weighted by Gasteiger charge is -2.10. The van der Waals surface area contributed by atoms with Crippen molar-refractivity contribution in [3.05, 3.63) is 29.0 Å². The van der Waals surface area contributed by atoms with E-state index in [1.807, 2.05) is 26.8 Å². The van der Waals surface area contributed by atoms with E-state index in [1.54, 1.807) is 7.11 Å². The first-order valence-corrected chi connectivity index (χ1v) is 6.95. The third kappa shape index (κ3) is 4.30. The summed E-state index contributed by atoms with van der Waals surface area (Å²) in [4.78, 5) is 0. The molecule has 0 saturated carbocycles. The van der Waals surface area contributed by atoms with Crippen LogP contribution in [0.15, 0.2) is 14.9 Å². The SMILES string of the molecule is COCCNCc1nnc(NC(C)c2cc(C)oc2C)o1. The molecular formula is C14H22N4O3. The zero-order chi connectivity index (χ0) is 15.2. The minimum atomic E-state index is 0.0391. The predicted octanol–water partition coefficient (Wildman–Crippen LogP) is 2.19. The molecule has 2 rings (SSSR count). The highest BCUT2D eigenvalue weighted by Gasteiger charge is 2.15. The normalized spacial score (nSPS) is 12.6. The number of nitrogens with zero attached hydrogens (tertiary/aromatic N) is 2. The molecule has 1 atom stereocenters. The van der Waals surface area contributed by atoms with Gasteiger partial charge in [0.1, 0.15) is 11.5 Å². The lowest BCUT2D eigenvalue weighted by atomic mass is 10.1. The van der Waals surface area contributed by atoms with E-state index in [0.29, 0.717) is 25.1 Å². The smallest absolute Gasteiger partial charge is 0.315 e. The van der Waals surface area contributed by atoms with Gasteiger partial charge in [-0.2, -0.15) is 0 Å². The molecule has 0 spiro atoms. The van der Waals surface area contributed by atoms with Crippen LogP contribution in [0.5, 0.6) is 0 Å². The van der Waals surface area contributed by atoms with Crippen molar-refractivity contribution < 1.29 is 13.6 Å². The van der Waals surface area contributed by atoms with Gasteiger partial charge in [-0.3, -0.25) is 0 Å². The molecule has 2 aromatic heterocycles. The average molecular weight is 294 g/mol. The number of aromatic nitrogens is 2. The van der Waals surface area contributed by atoms with Crippen LogP contribution in [0.2, 0.25) is 0 Å². The van der Waals surface area contributed by atoms with Crippen molar-refractivity contribution in [3.8, 4) is 0 Å². The molecule has 116 valence electrons. The standard InChI is InChI=1S/C14H22N4O3/c1-9-7-12(11(3)20-9)10(2)16-14-18-17-13(21-14)8-15-5-6-19-4/h7,10,15H,5-6,8H2,1-4H3,(H,16,18). The van der Waals surface area contributed by atoms with E-state index in [2.05, 4.69) is 20.8 Å². The molecule has 0 fully saturated rings. The fourth-order valence-corrected chi connectivity index (χ4v) is 2.10. The largest absolute Gasteiger partial charge is 0.466 e. The van der Waals surface area contributed by atoms with Gasteiger partial charge in [0.25, 0.3) is 0 Å². The van der Waals surface area contributed by atoms with Gasteiger partial charge < -0.3 is 24.2 Å². The molecule has 0 aliphatic heterocycles. The first kappa shape index (κ1) is 15.5. The molecule has 0 aliphatic carbocycles. The van der Waals surface area contributed by atoms with Crippen LogP contribution in [0, 0.1) is 13.8 Å². The number of rotatable bonds is 8.